The Hall–Kier alpha value is -3.61. The van der Waals surface area contributed by atoms with Crippen LogP contribution in [0.2, 0.25) is 0 Å². The Morgan fingerprint density at radius 3 is 2.64 bits per heavy atom. The molecule has 0 saturated heterocycles. The molecule has 0 unspecified atom stereocenters. The number of halogens is 1. The smallest absolute Gasteiger partial charge is 0.354 e. The van der Waals surface area contributed by atoms with Crippen LogP contribution in [-0.2, 0) is 0 Å². The number of aromatic amines is 1. The molecule has 122 valence electrons. The average molecular weight is 334 g/mol. The van der Waals surface area contributed by atoms with Gasteiger partial charge in [0.05, 0.1) is 5.69 Å². The minimum absolute atomic E-state index is 0.0234. The third-order valence-electron chi connectivity index (χ3n) is 3.77. The Morgan fingerprint density at radius 2 is 1.88 bits per heavy atom. The van der Waals surface area contributed by atoms with Crippen LogP contribution in [0.1, 0.15) is 10.5 Å². The van der Waals surface area contributed by atoms with Crippen LogP contribution in [0.5, 0.6) is 0 Å². The second-order valence-electron chi connectivity index (χ2n) is 5.43. The maximum absolute atomic E-state index is 13.0. The Balaban J connectivity index is 1.77. The first-order valence-electron chi connectivity index (χ1n) is 7.41. The van der Waals surface area contributed by atoms with Crippen molar-refractivity contribution in [2.45, 2.75) is 0 Å². The van der Waals surface area contributed by atoms with Gasteiger partial charge in [0.2, 0.25) is 5.95 Å². The first-order chi connectivity index (χ1) is 12.1. The lowest BCUT2D eigenvalue weighted by molar-refractivity contribution is 0.0690. The van der Waals surface area contributed by atoms with Crippen LogP contribution in [0.25, 0.3) is 33.5 Å². The Kier molecular flexibility index (Phi) is 3.46. The van der Waals surface area contributed by atoms with Crippen molar-refractivity contribution in [1.82, 2.24) is 19.9 Å². The molecule has 0 aliphatic carbocycles. The number of pyridine rings is 3. The molecule has 0 fully saturated rings. The third-order valence-corrected chi connectivity index (χ3v) is 3.77. The Labute approximate surface area is 141 Å². The fourth-order valence-electron chi connectivity index (χ4n) is 2.56. The fourth-order valence-corrected chi connectivity index (χ4v) is 2.56. The summed E-state index contributed by atoms with van der Waals surface area (Å²) in [5.41, 5.74) is 3.38. The highest BCUT2D eigenvalue weighted by Crippen LogP contribution is 2.26. The first-order valence-corrected chi connectivity index (χ1v) is 7.41. The minimum Gasteiger partial charge on any atom is -0.477 e. The van der Waals surface area contributed by atoms with Gasteiger partial charge in [-0.3, -0.25) is 0 Å². The summed E-state index contributed by atoms with van der Waals surface area (Å²) in [5, 5.41) is 9.89. The Bertz CT molecular complexity index is 1090. The predicted octanol–water partition coefficient (Wildman–Crippen LogP) is 3.52. The highest BCUT2D eigenvalue weighted by molar-refractivity contribution is 5.88. The van der Waals surface area contributed by atoms with E-state index >= 15 is 0 Å². The van der Waals surface area contributed by atoms with Crippen molar-refractivity contribution < 1.29 is 14.3 Å². The molecule has 0 aromatic carbocycles. The number of aromatic nitrogens is 4. The number of rotatable bonds is 3. The zero-order valence-electron chi connectivity index (χ0n) is 12.8. The van der Waals surface area contributed by atoms with Gasteiger partial charge in [0.1, 0.15) is 11.3 Å². The zero-order chi connectivity index (χ0) is 17.4. The van der Waals surface area contributed by atoms with Crippen molar-refractivity contribution in [3.63, 3.8) is 0 Å². The van der Waals surface area contributed by atoms with Gasteiger partial charge in [0.25, 0.3) is 0 Å². The van der Waals surface area contributed by atoms with E-state index in [1.54, 1.807) is 24.4 Å². The highest BCUT2D eigenvalue weighted by Gasteiger charge is 2.10. The molecular formula is C18H11FN4O2. The van der Waals surface area contributed by atoms with E-state index in [1.165, 1.54) is 18.3 Å². The zero-order valence-corrected chi connectivity index (χ0v) is 12.8. The third kappa shape index (κ3) is 2.83. The number of carboxylic acid groups (broad SMARTS) is 1. The molecule has 4 aromatic heterocycles. The van der Waals surface area contributed by atoms with E-state index < -0.39 is 11.9 Å². The van der Waals surface area contributed by atoms with Gasteiger partial charge in [-0.15, -0.1) is 0 Å². The molecule has 0 saturated carbocycles. The van der Waals surface area contributed by atoms with Crippen LogP contribution in [0.15, 0.2) is 54.9 Å². The molecule has 0 bridgehead atoms. The number of hydrogen-bond acceptors (Lipinski definition) is 4. The number of nitrogens with one attached hydrogen (secondary N) is 1. The topological polar surface area (TPSA) is 91.8 Å². The molecule has 4 rings (SSSR count). The highest BCUT2D eigenvalue weighted by atomic mass is 19.1. The van der Waals surface area contributed by atoms with E-state index in [2.05, 4.69) is 19.9 Å². The molecule has 0 radical (unpaired) electrons. The summed E-state index contributed by atoms with van der Waals surface area (Å²) in [6, 6.07) is 11.5. The summed E-state index contributed by atoms with van der Waals surface area (Å²) < 4.78 is 13.0. The van der Waals surface area contributed by atoms with Gasteiger partial charge in [-0.1, -0.05) is 6.07 Å². The lowest BCUT2D eigenvalue weighted by atomic mass is 10.1. The monoisotopic (exact) mass is 334 g/mol. The molecule has 25 heavy (non-hydrogen) atoms. The number of hydrogen-bond donors (Lipinski definition) is 2. The Morgan fingerprint density at radius 1 is 1.04 bits per heavy atom. The number of carboxylic acids is 1. The van der Waals surface area contributed by atoms with Gasteiger partial charge in [-0.05, 0) is 36.4 Å². The first kappa shape index (κ1) is 14.9. The summed E-state index contributed by atoms with van der Waals surface area (Å²) >= 11 is 0. The van der Waals surface area contributed by atoms with Gasteiger partial charge >= 0.3 is 5.97 Å². The van der Waals surface area contributed by atoms with E-state index in [9.17, 15) is 9.18 Å². The van der Waals surface area contributed by atoms with E-state index in [-0.39, 0.29) is 5.69 Å². The van der Waals surface area contributed by atoms with Gasteiger partial charge < -0.3 is 10.1 Å². The summed E-state index contributed by atoms with van der Waals surface area (Å²) in [5.74, 6) is -1.62. The van der Waals surface area contributed by atoms with E-state index in [1.807, 2.05) is 12.1 Å². The SMILES string of the molecule is O=C(O)c1cccc(-c2cnc3[nH]c(-c4ccc(F)nc4)cc3c2)n1. The predicted molar refractivity (Wildman–Crippen MR) is 89.5 cm³/mol. The molecule has 6 nitrogen and oxygen atoms in total. The fraction of sp³-hybridized carbons (Fsp3) is 0. The van der Waals surface area contributed by atoms with Crippen LogP contribution < -0.4 is 0 Å². The van der Waals surface area contributed by atoms with Crippen molar-refractivity contribution in [2.75, 3.05) is 0 Å². The molecule has 4 aromatic rings. The number of aromatic carboxylic acids is 1. The van der Waals surface area contributed by atoms with Crippen molar-refractivity contribution in [1.29, 1.82) is 0 Å². The molecule has 0 atom stereocenters. The quantitative estimate of drug-likeness (QED) is 0.559. The van der Waals surface area contributed by atoms with E-state index in [0.29, 0.717) is 16.9 Å². The molecule has 0 spiro atoms. The molecule has 4 heterocycles. The summed E-state index contributed by atoms with van der Waals surface area (Å²) in [6.07, 6.45) is 3.07. The molecule has 0 amide bonds. The van der Waals surface area contributed by atoms with Crippen LogP contribution in [0, 0.1) is 5.95 Å². The van der Waals surface area contributed by atoms with Crippen LogP contribution in [-0.4, -0.2) is 31.0 Å². The lowest BCUT2D eigenvalue weighted by Crippen LogP contribution is -2.00. The molecule has 2 N–H and O–H groups in total. The van der Waals surface area contributed by atoms with E-state index in [0.717, 1.165) is 16.6 Å². The van der Waals surface area contributed by atoms with Gasteiger partial charge in [0, 0.05) is 34.6 Å². The van der Waals surface area contributed by atoms with Gasteiger partial charge in [0.15, 0.2) is 0 Å². The van der Waals surface area contributed by atoms with Crippen molar-refractivity contribution in [3.8, 4) is 22.5 Å². The second-order valence-corrected chi connectivity index (χ2v) is 5.43. The molecule has 0 aliphatic heterocycles. The lowest BCUT2D eigenvalue weighted by Gasteiger charge is -2.01. The van der Waals surface area contributed by atoms with Crippen LogP contribution in [0.4, 0.5) is 4.39 Å². The van der Waals surface area contributed by atoms with Crippen molar-refractivity contribution in [2.24, 2.45) is 0 Å². The summed E-state index contributed by atoms with van der Waals surface area (Å²) in [6.45, 7) is 0. The number of fused-ring (bicyclic) bond motifs is 1. The van der Waals surface area contributed by atoms with Crippen molar-refractivity contribution in [3.05, 3.63) is 66.5 Å². The standard InChI is InChI=1S/C18H11FN4O2/c19-16-5-4-10(8-20-16)15-7-11-6-12(9-21-17(11)23-15)13-2-1-3-14(22-13)18(24)25/h1-9H,(H,21,23)(H,24,25). The summed E-state index contributed by atoms with van der Waals surface area (Å²) in [4.78, 5) is 26.3. The largest absolute Gasteiger partial charge is 0.477 e. The average Bonchev–Trinajstić information content (AvgIpc) is 3.05. The number of H-pyrrole nitrogens is 1. The summed E-state index contributed by atoms with van der Waals surface area (Å²) in [7, 11) is 0. The minimum atomic E-state index is -1.08. The molecule has 0 aliphatic rings. The number of carbonyl (C=O) groups is 1. The van der Waals surface area contributed by atoms with Crippen molar-refractivity contribution >= 4 is 17.0 Å². The maximum Gasteiger partial charge on any atom is 0.354 e. The van der Waals surface area contributed by atoms with Gasteiger partial charge in [-0.2, -0.15) is 4.39 Å². The second kappa shape index (κ2) is 5.79. The van der Waals surface area contributed by atoms with E-state index in [4.69, 9.17) is 5.11 Å². The van der Waals surface area contributed by atoms with Crippen LogP contribution in [0.3, 0.4) is 0 Å². The normalized spacial score (nSPS) is 10.9. The number of nitrogens with zero attached hydrogens (tertiary/aromatic N) is 3. The molecule has 7 heteroatoms. The molecular weight excluding hydrogens is 323 g/mol. The maximum atomic E-state index is 13.0. The van der Waals surface area contributed by atoms with Gasteiger partial charge in [-0.25, -0.2) is 19.7 Å². The van der Waals surface area contributed by atoms with Crippen LogP contribution >= 0.6 is 0 Å².